The first-order chi connectivity index (χ1) is 20.4. The molecule has 44 heavy (non-hydrogen) atoms. The van der Waals surface area contributed by atoms with Crippen molar-refractivity contribution in [3.63, 3.8) is 0 Å². The molecule has 2 aromatic carbocycles. The fourth-order valence-electron chi connectivity index (χ4n) is 4.70. The van der Waals surface area contributed by atoms with Crippen LogP contribution in [0.25, 0.3) is 0 Å². The van der Waals surface area contributed by atoms with E-state index in [9.17, 15) is 19.2 Å². The van der Waals surface area contributed by atoms with Gasteiger partial charge in [0.15, 0.2) is 0 Å². The van der Waals surface area contributed by atoms with Crippen LogP contribution in [0.15, 0.2) is 60.7 Å². The predicted molar refractivity (Wildman–Crippen MR) is 172 cm³/mol. The van der Waals surface area contributed by atoms with Crippen LogP contribution in [-0.2, 0) is 30.3 Å². The maximum atomic E-state index is 14.4. The van der Waals surface area contributed by atoms with Crippen molar-refractivity contribution in [3.05, 3.63) is 71.8 Å². The van der Waals surface area contributed by atoms with Crippen LogP contribution in [0.1, 0.15) is 92.8 Å². The molecule has 9 heteroatoms. The van der Waals surface area contributed by atoms with Gasteiger partial charge in [0.25, 0.3) is 0 Å². The van der Waals surface area contributed by atoms with Gasteiger partial charge in [-0.2, -0.15) is 0 Å². The highest BCUT2D eigenvalue weighted by Crippen LogP contribution is 2.27. The zero-order valence-electron chi connectivity index (χ0n) is 28.0. The van der Waals surface area contributed by atoms with Gasteiger partial charge in [-0.05, 0) is 72.4 Å². The Labute approximate surface area is 263 Å². The first-order valence-electron chi connectivity index (χ1n) is 15.4. The Morgan fingerprint density at radius 2 is 1.30 bits per heavy atom. The molecule has 0 aliphatic heterocycles. The number of benzene rings is 2. The minimum atomic E-state index is -1.10. The lowest BCUT2D eigenvalue weighted by Gasteiger charge is -2.39. The zero-order valence-corrected chi connectivity index (χ0v) is 28.0. The zero-order chi connectivity index (χ0) is 33.2. The number of carbonyl (C=O) groups excluding carboxylic acids is 4. The average molecular weight is 610 g/mol. The van der Waals surface area contributed by atoms with E-state index < -0.39 is 59.2 Å². The summed E-state index contributed by atoms with van der Waals surface area (Å²) in [6, 6.07) is 14.8. The van der Waals surface area contributed by atoms with Crippen molar-refractivity contribution in [1.82, 2.24) is 15.5 Å². The molecule has 4 atom stereocenters. The highest BCUT2D eigenvalue weighted by molar-refractivity contribution is 5.94. The molecule has 3 amide bonds. The van der Waals surface area contributed by atoms with E-state index in [0.29, 0.717) is 12.0 Å². The fraction of sp³-hybridized carbons (Fsp3) is 0.543. The maximum absolute atomic E-state index is 14.4. The minimum Gasteiger partial charge on any atom is -0.458 e. The number of amides is 3. The molecule has 0 saturated heterocycles. The summed E-state index contributed by atoms with van der Waals surface area (Å²) in [7, 11) is 0. The Bertz CT molecular complexity index is 1230. The van der Waals surface area contributed by atoms with Crippen molar-refractivity contribution < 1.29 is 28.7 Å². The van der Waals surface area contributed by atoms with E-state index in [1.807, 2.05) is 64.1 Å². The van der Waals surface area contributed by atoms with E-state index in [0.717, 1.165) is 5.56 Å². The van der Waals surface area contributed by atoms with Gasteiger partial charge in [-0.15, -0.1) is 0 Å². The second kappa shape index (κ2) is 15.7. The van der Waals surface area contributed by atoms with Gasteiger partial charge in [0.1, 0.15) is 29.3 Å². The molecule has 0 bridgehead atoms. The topological polar surface area (TPSA) is 114 Å². The largest absolute Gasteiger partial charge is 0.458 e. The molecule has 0 aliphatic rings. The quantitative estimate of drug-likeness (QED) is 0.287. The van der Waals surface area contributed by atoms with E-state index >= 15 is 0 Å². The number of hydrogen-bond acceptors (Lipinski definition) is 6. The third kappa shape index (κ3) is 11.3. The normalized spacial score (nSPS) is 14.5. The summed E-state index contributed by atoms with van der Waals surface area (Å²) in [6.45, 7) is 18.0. The fourth-order valence-corrected chi connectivity index (χ4v) is 4.70. The highest BCUT2D eigenvalue weighted by Gasteiger charge is 2.40. The van der Waals surface area contributed by atoms with Crippen molar-refractivity contribution in [2.45, 2.75) is 117 Å². The molecule has 9 nitrogen and oxygen atoms in total. The Morgan fingerprint density at radius 1 is 0.773 bits per heavy atom. The van der Waals surface area contributed by atoms with Gasteiger partial charge in [-0.1, -0.05) is 80.9 Å². The number of alkyl carbamates (subject to hydrolysis) is 1. The number of rotatable bonds is 12. The van der Waals surface area contributed by atoms with Crippen molar-refractivity contribution in [1.29, 1.82) is 0 Å². The molecule has 242 valence electrons. The number of ether oxygens (including phenoxy) is 2. The summed E-state index contributed by atoms with van der Waals surface area (Å²) in [6.07, 6.45) is 0.0836. The molecule has 2 N–H and O–H groups in total. The Balaban J connectivity index is 2.56. The average Bonchev–Trinajstić information content (AvgIpc) is 2.92. The molecular weight excluding hydrogens is 558 g/mol. The lowest BCUT2D eigenvalue weighted by atomic mass is 9.94. The second-order valence-electron chi connectivity index (χ2n) is 13.4. The van der Waals surface area contributed by atoms with Crippen LogP contribution in [0.2, 0.25) is 0 Å². The van der Waals surface area contributed by atoms with Gasteiger partial charge in [-0.25, -0.2) is 9.59 Å². The number of nitrogens with zero attached hydrogens (tertiary/aromatic N) is 1. The van der Waals surface area contributed by atoms with Crippen molar-refractivity contribution in [3.8, 4) is 0 Å². The molecule has 4 unspecified atom stereocenters. The van der Waals surface area contributed by atoms with Gasteiger partial charge in [-0.3, -0.25) is 9.59 Å². The van der Waals surface area contributed by atoms with Gasteiger partial charge >= 0.3 is 12.1 Å². The first kappa shape index (κ1) is 36.3. The van der Waals surface area contributed by atoms with Crippen LogP contribution in [0.3, 0.4) is 0 Å². The molecule has 0 aliphatic carbocycles. The third-order valence-corrected chi connectivity index (χ3v) is 6.89. The Kier molecular flexibility index (Phi) is 13.0. The first-order valence-corrected chi connectivity index (χ1v) is 15.4. The highest BCUT2D eigenvalue weighted by atomic mass is 16.6. The number of esters is 1. The molecule has 2 aromatic rings. The smallest absolute Gasteiger partial charge is 0.408 e. The third-order valence-electron chi connectivity index (χ3n) is 6.89. The van der Waals surface area contributed by atoms with E-state index in [4.69, 9.17) is 9.47 Å². The molecule has 0 aromatic heterocycles. The molecule has 2 rings (SSSR count). The van der Waals surface area contributed by atoms with Gasteiger partial charge in [0, 0.05) is 12.5 Å². The van der Waals surface area contributed by atoms with Crippen LogP contribution in [0.5, 0.6) is 0 Å². The summed E-state index contributed by atoms with van der Waals surface area (Å²) >= 11 is 0. The Morgan fingerprint density at radius 3 is 1.77 bits per heavy atom. The Hall–Kier alpha value is -3.88. The summed E-state index contributed by atoms with van der Waals surface area (Å²) < 4.78 is 11.2. The summed E-state index contributed by atoms with van der Waals surface area (Å²) in [5.41, 5.74) is -0.121. The van der Waals surface area contributed by atoms with Crippen LogP contribution in [0, 0.1) is 5.92 Å². The number of nitrogens with one attached hydrogen (secondary N) is 2. The molecule has 0 saturated carbocycles. The second-order valence-corrected chi connectivity index (χ2v) is 13.4. The molecule has 0 spiro atoms. The SMILES string of the molecule is CCC(C)C(NC(=O)OC(C)(C)C)C(=O)N(C(C)C)C(C(=O)NC(Cc1ccccc1)C(=O)OC(C)(C)C)c1ccccc1. The summed E-state index contributed by atoms with van der Waals surface area (Å²) in [5.74, 6) is -1.80. The van der Waals surface area contributed by atoms with E-state index in [2.05, 4.69) is 10.6 Å². The predicted octanol–water partition coefficient (Wildman–Crippen LogP) is 5.97. The number of hydrogen-bond donors (Lipinski definition) is 2. The summed E-state index contributed by atoms with van der Waals surface area (Å²) in [5, 5.41) is 5.68. The molecule has 0 fully saturated rings. The van der Waals surface area contributed by atoms with Crippen LogP contribution in [0.4, 0.5) is 4.79 Å². The lowest BCUT2D eigenvalue weighted by Crippen LogP contribution is -2.58. The molecular formula is C35H51N3O6. The van der Waals surface area contributed by atoms with E-state index in [-0.39, 0.29) is 12.3 Å². The monoisotopic (exact) mass is 609 g/mol. The van der Waals surface area contributed by atoms with Gasteiger partial charge in [0.05, 0.1) is 0 Å². The minimum absolute atomic E-state index is 0.203. The van der Waals surface area contributed by atoms with Crippen molar-refractivity contribution in [2.75, 3.05) is 0 Å². The standard InChI is InChI=1S/C35H51N3O6/c1-11-24(4)28(37-33(42)44-35(8,9)10)31(40)38(23(2)3)29(26-20-16-13-17-21-26)30(39)36-27(32(41)43-34(5,6)7)22-25-18-14-12-15-19-25/h12-21,23-24,27-29H,11,22H2,1-10H3,(H,36,39)(H,37,42). The van der Waals surface area contributed by atoms with Crippen molar-refractivity contribution in [2.24, 2.45) is 5.92 Å². The molecule has 0 heterocycles. The van der Waals surface area contributed by atoms with Crippen LogP contribution >= 0.6 is 0 Å². The maximum Gasteiger partial charge on any atom is 0.408 e. The van der Waals surface area contributed by atoms with Gasteiger partial charge < -0.3 is 25.0 Å². The van der Waals surface area contributed by atoms with Crippen molar-refractivity contribution >= 4 is 23.9 Å². The summed E-state index contributed by atoms with van der Waals surface area (Å²) in [4.78, 5) is 56.4. The van der Waals surface area contributed by atoms with E-state index in [1.54, 1.807) is 65.8 Å². The number of carbonyl (C=O) groups is 4. The van der Waals surface area contributed by atoms with E-state index in [1.165, 1.54) is 4.90 Å². The lowest BCUT2D eigenvalue weighted by molar-refractivity contribution is -0.159. The van der Waals surface area contributed by atoms with Crippen LogP contribution in [-0.4, -0.2) is 58.1 Å². The van der Waals surface area contributed by atoms with Gasteiger partial charge in [0.2, 0.25) is 11.8 Å². The molecule has 0 radical (unpaired) electrons. The van der Waals surface area contributed by atoms with Crippen LogP contribution < -0.4 is 10.6 Å².